The Hall–Kier alpha value is -2.00. The molecule has 0 aliphatic heterocycles. The van der Waals surface area contributed by atoms with Crippen LogP contribution in [0.25, 0.3) is 10.2 Å². The second-order valence-corrected chi connectivity index (χ2v) is 10.1. The topological polar surface area (TPSA) is 70.6 Å². The fourth-order valence-corrected chi connectivity index (χ4v) is 5.61. The largest absolute Gasteiger partial charge is 0.302 e. The highest BCUT2D eigenvalue weighted by molar-refractivity contribution is 7.92. The second kappa shape index (κ2) is 9.87. The van der Waals surface area contributed by atoms with E-state index in [1.54, 1.807) is 24.3 Å². The molecular formula is C21H24ClN3O3S2. The van der Waals surface area contributed by atoms with Gasteiger partial charge in [-0.25, -0.2) is 13.4 Å². The molecule has 1 aromatic heterocycles. The van der Waals surface area contributed by atoms with E-state index < -0.39 is 21.5 Å². The van der Waals surface area contributed by atoms with E-state index in [0.717, 1.165) is 17.8 Å². The molecule has 0 fully saturated rings. The Labute approximate surface area is 186 Å². The lowest BCUT2D eigenvalue weighted by molar-refractivity contribution is -0.116. The summed E-state index contributed by atoms with van der Waals surface area (Å²) < 4.78 is 26.4. The van der Waals surface area contributed by atoms with Gasteiger partial charge in [0.2, 0.25) is 5.91 Å². The summed E-state index contributed by atoms with van der Waals surface area (Å²) in [6.45, 7) is 6.75. The number of thiazole rings is 1. The first-order valence-corrected chi connectivity index (χ1v) is 12.6. The number of hydrogen-bond donors (Lipinski definition) is 0. The number of hydrogen-bond acceptors (Lipinski definition) is 6. The third-order valence-corrected chi connectivity index (χ3v) is 7.81. The molecule has 2 aromatic carbocycles. The first-order chi connectivity index (χ1) is 14.4. The van der Waals surface area contributed by atoms with Gasteiger partial charge in [-0.1, -0.05) is 61.1 Å². The summed E-state index contributed by atoms with van der Waals surface area (Å²) in [4.78, 5) is 21.5. The predicted octanol–water partition coefficient (Wildman–Crippen LogP) is 4.10. The number of amides is 1. The Balaban J connectivity index is 1.91. The normalized spacial score (nSPS) is 11.9. The zero-order valence-corrected chi connectivity index (χ0v) is 19.3. The van der Waals surface area contributed by atoms with Gasteiger partial charge in [-0.05, 0) is 37.4 Å². The van der Waals surface area contributed by atoms with Gasteiger partial charge in [-0.15, -0.1) is 0 Å². The molecule has 0 unspecified atom stereocenters. The average molecular weight is 466 g/mol. The van der Waals surface area contributed by atoms with Crippen LogP contribution in [0.3, 0.4) is 0 Å². The van der Waals surface area contributed by atoms with Gasteiger partial charge in [-0.2, -0.15) is 0 Å². The first-order valence-electron chi connectivity index (χ1n) is 9.71. The van der Waals surface area contributed by atoms with Crippen LogP contribution < -0.4 is 4.90 Å². The number of nitrogens with zero attached hydrogens (tertiary/aromatic N) is 3. The molecule has 0 aliphatic rings. The highest BCUT2D eigenvalue weighted by Crippen LogP contribution is 2.33. The molecule has 1 heterocycles. The molecular weight excluding hydrogens is 442 g/mol. The van der Waals surface area contributed by atoms with Crippen LogP contribution in [-0.4, -0.2) is 56.1 Å². The molecule has 3 aromatic rings. The maximum absolute atomic E-state index is 13.1. The van der Waals surface area contributed by atoms with Crippen molar-refractivity contribution in [2.75, 3.05) is 36.8 Å². The average Bonchev–Trinajstić information content (AvgIpc) is 3.17. The van der Waals surface area contributed by atoms with E-state index in [1.165, 1.54) is 28.4 Å². The molecule has 3 rings (SSSR count). The summed E-state index contributed by atoms with van der Waals surface area (Å²) in [6.07, 6.45) is 0. The molecule has 0 spiro atoms. The van der Waals surface area contributed by atoms with Crippen molar-refractivity contribution in [2.45, 2.75) is 18.7 Å². The number of likely N-dealkylation sites (N-methyl/N-ethyl adjacent to an activating group) is 1. The molecule has 0 bridgehead atoms. The number of carbonyl (C=O) groups is 1. The Morgan fingerprint density at radius 3 is 2.37 bits per heavy atom. The minimum Gasteiger partial charge on any atom is -0.302 e. The Kier molecular flexibility index (Phi) is 7.46. The summed E-state index contributed by atoms with van der Waals surface area (Å²) in [5, 5.41) is 0.960. The van der Waals surface area contributed by atoms with Crippen molar-refractivity contribution < 1.29 is 13.2 Å². The lowest BCUT2D eigenvalue weighted by Crippen LogP contribution is -2.41. The molecule has 1 amide bonds. The van der Waals surface area contributed by atoms with Gasteiger partial charge in [0.05, 0.1) is 14.6 Å². The van der Waals surface area contributed by atoms with E-state index in [-0.39, 0.29) is 4.90 Å². The van der Waals surface area contributed by atoms with Crippen LogP contribution in [0, 0.1) is 0 Å². The van der Waals surface area contributed by atoms with Gasteiger partial charge in [0.25, 0.3) is 0 Å². The fraction of sp³-hybridized carbons (Fsp3) is 0.333. The highest BCUT2D eigenvalue weighted by Gasteiger charge is 2.27. The van der Waals surface area contributed by atoms with Crippen LogP contribution in [0.1, 0.15) is 13.8 Å². The molecule has 0 saturated carbocycles. The van der Waals surface area contributed by atoms with E-state index in [2.05, 4.69) is 9.88 Å². The van der Waals surface area contributed by atoms with Crippen molar-refractivity contribution in [1.82, 2.24) is 9.88 Å². The maximum Gasteiger partial charge on any atom is 0.244 e. The summed E-state index contributed by atoms with van der Waals surface area (Å²) in [6, 6.07) is 13.5. The standard InChI is InChI=1S/C21H24ClN3O3S2/c1-3-24(4-2)13-14-25(21-23-20-17(22)11-8-12-18(20)29-21)19(26)15-30(27,28)16-9-6-5-7-10-16/h5-12H,3-4,13-15H2,1-2H3. The summed E-state index contributed by atoms with van der Waals surface area (Å²) in [5.41, 5.74) is 0.616. The predicted molar refractivity (Wildman–Crippen MR) is 123 cm³/mol. The van der Waals surface area contributed by atoms with Crippen molar-refractivity contribution >= 4 is 54.0 Å². The molecule has 30 heavy (non-hydrogen) atoms. The van der Waals surface area contributed by atoms with E-state index in [4.69, 9.17) is 11.6 Å². The second-order valence-electron chi connectivity index (χ2n) is 6.73. The highest BCUT2D eigenvalue weighted by atomic mass is 35.5. The van der Waals surface area contributed by atoms with Crippen molar-refractivity contribution in [3.8, 4) is 0 Å². The third-order valence-electron chi connectivity index (χ3n) is 4.84. The number of benzene rings is 2. The van der Waals surface area contributed by atoms with Gasteiger partial charge in [0.1, 0.15) is 11.3 Å². The van der Waals surface area contributed by atoms with Crippen LogP contribution in [0.15, 0.2) is 53.4 Å². The van der Waals surface area contributed by atoms with Crippen molar-refractivity contribution in [1.29, 1.82) is 0 Å². The van der Waals surface area contributed by atoms with Crippen LogP contribution in [0.2, 0.25) is 5.02 Å². The van der Waals surface area contributed by atoms with Gasteiger partial charge in [0, 0.05) is 13.1 Å². The number of halogens is 1. The maximum atomic E-state index is 13.1. The van der Waals surface area contributed by atoms with Crippen LogP contribution in [-0.2, 0) is 14.6 Å². The van der Waals surface area contributed by atoms with Crippen LogP contribution in [0.4, 0.5) is 5.13 Å². The SMILES string of the molecule is CCN(CC)CCN(C(=O)CS(=O)(=O)c1ccccc1)c1nc2c(Cl)cccc2s1. The molecule has 0 radical (unpaired) electrons. The van der Waals surface area contributed by atoms with Gasteiger partial charge >= 0.3 is 0 Å². The zero-order valence-electron chi connectivity index (χ0n) is 16.9. The van der Waals surface area contributed by atoms with Crippen molar-refractivity contribution in [3.63, 3.8) is 0 Å². The van der Waals surface area contributed by atoms with Crippen molar-refractivity contribution in [3.05, 3.63) is 53.6 Å². The lowest BCUT2D eigenvalue weighted by Gasteiger charge is -2.24. The minimum absolute atomic E-state index is 0.134. The molecule has 160 valence electrons. The first kappa shape index (κ1) is 22.7. The van der Waals surface area contributed by atoms with E-state index in [1.807, 2.05) is 26.0 Å². The Bertz CT molecular complexity index is 1110. The van der Waals surface area contributed by atoms with Crippen LogP contribution in [0.5, 0.6) is 0 Å². The van der Waals surface area contributed by atoms with Gasteiger partial charge < -0.3 is 4.90 Å². The van der Waals surface area contributed by atoms with E-state index in [9.17, 15) is 13.2 Å². The van der Waals surface area contributed by atoms with E-state index in [0.29, 0.717) is 28.8 Å². The Morgan fingerprint density at radius 1 is 1.03 bits per heavy atom. The number of sulfone groups is 1. The number of anilines is 1. The number of rotatable bonds is 9. The lowest BCUT2D eigenvalue weighted by atomic mass is 10.3. The number of fused-ring (bicyclic) bond motifs is 1. The summed E-state index contributed by atoms with van der Waals surface area (Å²) in [5.74, 6) is -1.11. The third kappa shape index (κ3) is 5.18. The van der Waals surface area contributed by atoms with Gasteiger partial charge in [0.15, 0.2) is 15.0 Å². The molecule has 6 nitrogen and oxygen atoms in total. The summed E-state index contributed by atoms with van der Waals surface area (Å²) in [7, 11) is -3.75. The fourth-order valence-electron chi connectivity index (χ4n) is 3.08. The Morgan fingerprint density at radius 2 is 1.73 bits per heavy atom. The number of aromatic nitrogens is 1. The summed E-state index contributed by atoms with van der Waals surface area (Å²) >= 11 is 7.58. The smallest absolute Gasteiger partial charge is 0.244 e. The number of para-hydroxylation sites is 1. The quantitative estimate of drug-likeness (QED) is 0.475. The molecule has 0 N–H and O–H groups in total. The van der Waals surface area contributed by atoms with E-state index >= 15 is 0 Å². The van der Waals surface area contributed by atoms with Gasteiger partial charge in [-0.3, -0.25) is 9.69 Å². The van der Waals surface area contributed by atoms with Crippen molar-refractivity contribution in [2.24, 2.45) is 0 Å². The monoisotopic (exact) mass is 465 g/mol. The number of carbonyl (C=O) groups excluding carboxylic acids is 1. The molecule has 0 saturated heterocycles. The molecule has 9 heteroatoms. The molecule has 0 atom stereocenters. The minimum atomic E-state index is -3.75. The van der Waals surface area contributed by atoms with Crippen LogP contribution >= 0.6 is 22.9 Å². The zero-order chi connectivity index (χ0) is 21.7. The molecule has 0 aliphatic carbocycles.